The molecular formula is C33H28FNS. The summed E-state index contributed by atoms with van der Waals surface area (Å²) in [5, 5.41) is 3.48. The molecule has 0 saturated heterocycles. The van der Waals surface area contributed by atoms with Crippen LogP contribution in [0.2, 0.25) is 0 Å². The monoisotopic (exact) mass is 489 g/mol. The number of benzene rings is 4. The number of fused-ring (bicyclic) bond motifs is 4. The van der Waals surface area contributed by atoms with E-state index in [1.165, 1.54) is 33.2 Å². The lowest BCUT2D eigenvalue weighted by Crippen LogP contribution is -2.20. The third-order valence-corrected chi connectivity index (χ3v) is 8.44. The van der Waals surface area contributed by atoms with E-state index < -0.39 is 0 Å². The zero-order valence-electron chi connectivity index (χ0n) is 21.0. The molecule has 0 aliphatic carbocycles. The molecule has 3 heteroatoms. The standard InChI is InChI=1S/C33H28FNS/c1-20-22-13-9-10-14-24(22)28(33(2,3)4)19-27(20)30-32-26(17-18-35(30)5)25-16-15-23(29(34)31(25)36-32)21-11-7-6-8-12-21/h6-19H,5H2,1-4H3. The lowest BCUT2D eigenvalue weighted by Gasteiger charge is -2.28. The van der Waals surface area contributed by atoms with Crippen LogP contribution in [0.25, 0.3) is 38.1 Å². The van der Waals surface area contributed by atoms with Crippen molar-refractivity contribution in [2.75, 3.05) is 0 Å². The molecule has 1 aliphatic rings. The fourth-order valence-electron chi connectivity index (χ4n) is 5.36. The first-order chi connectivity index (χ1) is 17.3. The second kappa shape index (κ2) is 8.18. The van der Waals surface area contributed by atoms with Gasteiger partial charge >= 0.3 is 0 Å². The molecule has 1 aliphatic heterocycles. The van der Waals surface area contributed by atoms with E-state index in [-0.39, 0.29) is 11.2 Å². The predicted octanol–water partition coefficient (Wildman–Crippen LogP) is 9.09. The summed E-state index contributed by atoms with van der Waals surface area (Å²) in [6.07, 6.45) is 4.06. The molecule has 0 atom stereocenters. The summed E-state index contributed by atoms with van der Waals surface area (Å²) in [6, 6.07) is 25.7. The van der Waals surface area contributed by atoms with Gasteiger partial charge in [-0.1, -0.05) is 99.5 Å². The lowest BCUT2D eigenvalue weighted by atomic mass is 9.79. The largest absolute Gasteiger partial charge is 0.257 e. The summed E-state index contributed by atoms with van der Waals surface area (Å²) in [6.45, 7) is 13.3. The summed E-state index contributed by atoms with van der Waals surface area (Å²) >= 11 is 1.52. The number of hydrogen-bond donors (Lipinski definition) is 0. The van der Waals surface area contributed by atoms with Gasteiger partial charge in [-0.2, -0.15) is 0 Å². The van der Waals surface area contributed by atoms with Crippen LogP contribution in [0.1, 0.15) is 47.9 Å². The highest BCUT2D eigenvalue weighted by atomic mass is 32.1. The first-order valence-corrected chi connectivity index (χ1v) is 13.1. The molecule has 5 aromatic rings. The number of nitrogens with zero attached hydrogens (tertiary/aromatic N) is 1. The van der Waals surface area contributed by atoms with Gasteiger partial charge in [-0.15, -0.1) is 12.1 Å². The molecular weight excluding hydrogens is 461 g/mol. The van der Waals surface area contributed by atoms with Crippen molar-refractivity contribution >= 4 is 45.0 Å². The molecule has 0 saturated carbocycles. The first-order valence-electron chi connectivity index (χ1n) is 12.2. The minimum atomic E-state index is -0.160. The van der Waals surface area contributed by atoms with Crippen LogP contribution >= 0.6 is 11.3 Å². The number of aryl methyl sites for hydroxylation is 1. The maximum absolute atomic E-state index is 15.9. The average Bonchev–Trinajstić information content (AvgIpc) is 3.24. The van der Waals surface area contributed by atoms with Gasteiger partial charge in [-0.3, -0.25) is 4.58 Å². The minimum absolute atomic E-state index is 0.0290. The zero-order chi connectivity index (χ0) is 25.2. The molecule has 0 spiro atoms. The highest BCUT2D eigenvalue weighted by molar-refractivity contribution is 7.19. The van der Waals surface area contributed by atoms with E-state index in [2.05, 4.69) is 76.9 Å². The molecule has 178 valence electrons. The van der Waals surface area contributed by atoms with Gasteiger partial charge in [0.2, 0.25) is 0 Å². The van der Waals surface area contributed by atoms with E-state index >= 15 is 4.39 Å². The normalized spacial score (nSPS) is 13.6. The Morgan fingerprint density at radius 3 is 2.33 bits per heavy atom. The van der Waals surface area contributed by atoms with E-state index in [9.17, 15) is 0 Å². The second-order valence-corrected chi connectivity index (χ2v) is 11.6. The summed E-state index contributed by atoms with van der Waals surface area (Å²) in [5.41, 5.74) is 6.22. The van der Waals surface area contributed by atoms with Crippen molar-refractivity contribution in [1.29, 1.82) is 0 Å². The molecule has 4 aromatic carbocycles. The van der Waals surface area contributed by atoms with E-state index in [4.69, 9.17) is 0 Å². The molecule has 0 bridgehead atoms. The Morgan fingerprint density at radius 1 is 0.917 bits per heavy atom. The van der Waals surface area contributed by atoms with Crippen LogP contribution in [0.5, 0.6) is 0 Å². The fraction of sp³-hybridized carbons (Fsp3) is 0.152. The summed E-state index contributed by atoms with van der Waals surface area (Å²) < 4.78 is 18.6. The molecule has 0 radical (unpaired) electrons. The van der Waals surface area contributed by atoms with Crippen molar-refractivity contribution in [2.24, 2.45) is 0 Å². The smallest absolute Gasteiger partial charge is 0.197 e. The Kier molecular flexibility index (Phi) is 5.17. The third kappa shape index (κ3) is 3.42. The van der Waals surface area contributed by atoms with Gasteiger partial charge in [-0.25, -0.2) is 4.39 Å². The highest BCUT2D eigenvalue weighted by Crippen LogP contribution is 2.46. The van der Waals surface area contributed by atoms with Crippen molar-refractivity contribution < 1.29 is 8.97 Å². The molecule has 0 fully saturated rings. The maximum Gasteiger partial charge on any atom is 0.197 e. The Hall–Kier alpha value is -3.69. The van der Waals surface area contributed by atoms with Gasteiger partial charge in [0.25, 0.3) is 0 Å². The molecule has 0 amide bonds. The minimum Gasteiger partial charge on any atom is -0.257 e. The molecule has 6 rings (SSSR count). The van der Waals surface area contributed by atoms with Crippen molar-refractivity contribution in [3.63, 3.8) is 0 Å². The molecule has 1 nitrogen and oxygen atoms in total. The summed E-state index contributed by atoms with van der Waals surface area (Å²) in [4.78, 5) is 1.06. The van der Waals surface area contributed by atoms with Crippen LogP contribution in [-0.2, 0) is 5.41 Å². The summed E-state index contributed by atoms with van der Waals surface area (Å²) in [7, 11) is 0. The predicted molar refractivity (Wildman–Crippen MR) is 152 cm³/mol. The highest BCUT2D eigenvalue weighted by Gasteiger charge is 2.35. The molecule has 2 heterocycles. The van der Waals surface area contributed by atoms with E-state index in [1.54, 1.807) is 0 Å². The maximum atomic E-state index is 15.9. The van der Waals surface area contributed by atoms with Crippen molar-refractivity contribution in [1.82, 2.24) is 0 Å². The van der Waals surface area contributed by atoms with Crippen LogP contribution < -0.4 is 0 Å². The van der Waals surface area contributed by atoms with Crippen LogP contribution in [-0.4, -0.2) is 11.3 Å². The van der Waals surface area contributed by atoms with Crippen molar-refractivity contribution in [2.45, 2.75) is 33.1 Å². The average molecular weight is 490 g/mol. The Labute approximate surface area is 215 Å². The lowest BCUT2D eigenvalue weighted by molar-refractivity contribution is -0.417. The van der Waals surface area contributed by atoms with Crippen molar-refractivity contribution in [3.8, 4) is 11.1 Å². The van der Waals surface area contributed by atoms with E-state index in [1.807, 2.05) is 47.2 Å². The fourth-order valence-corrected chi connectivity index (χ4v) is 6.67. The third-order valence-electron chi connectivity index (χ3n) is 7.22. The number of hydrogen-bond acceptors (Lipinski definition) is 0. The van der Waals surface area contributed by atoms with Crippen molar-refractivity contribution in [3.05, 3.63) is 118 Å². The molecule has 36 heavy (non-hydrogen) atoms. The SMILES string of the molecule is C=[N+]1C=Cc2c([s+][c-]3c(F)c(-c4ccccc4)ccc23)[C-]1c1cc(C(C)(C)C)c2ccccc2c1C. The number of rotatable bonds is 2. The van der Waals surface area contributed by atoms with Crippen LogP contribution in [0.15, 0.2) is 79.0 Å². The quantitative estimate of drug-likeness (QED) is 0.132. The second-order valence-electron chi connectivity index (χ2n) is 10.5. The Morgan fingerprint density at radius 2 is 1.61 bits per heavy atom. The number of halogens is 1. The van der Waals surface area contributed by atoms with Gasteiger partial charge in [0.05, 0.1) is 6.72 Å². The molecule has 0 unspecified atom stereocenters. The van der Waals surface area contributed by atoms with Gasteiger partial charge in [0.1, 0.15) is 23.4 Å². The Balaban J connectivity index is 1.61. The van der Waals surface area contributed by atoms with Crippen LogP contribution in [0, 0.1) is 18.8 Å². The van der Waals surface area contributed by atoms with Gasteiger partial charge in [0.15, 0.2) is 15.6 Å². The van der Waals surface area contributed by atoms with E-state index in [0.29, 0.717) is 10.3 Å². The van der Waals surface area contributed by atoms with Gasteiger partial charge in [0, 0.05) is 0 Å². The van der Waals surface area contributed by atoms with Gasteiger partial charge < -0.3 is 0 Å². The zero-order valence-corrected chi connectivity index (χ0v) is 21.8. The van der Waals surface area contributed by atoms with Crippen LogP contribution in [0.4, 0.5) is 4.39 Å². The molecule has 1 aromatic heterocycles. The molecule has 0 N–H and O–H groups in total. The Bertz CT molecular complexity index is 1700. The van der Waals surface area contributed by atoms with Gasteiger partial charge in [-0.05, 0) is 49.9 Å². The van der Waals surface area contributed by atoms with Crippen LogP contribution in [0.3, 0.4) is 0 Å². The summed E-state index contributed by atoms with van der Waals surface area (Å²) in [5.74, 6) is -0.160. The first kappa shape index (κ1) is 22.8. The van der Waals surface area contributed by atoms with E-state index in [0.717, 1.165) is 33.0 Å². The number of thiophene rings is 1. The topological polar surface area (TPSA) is 3.01 Å².